The van der Waals surface area contributed by atoms with Gasteiger partial charge < -0.3 is 14.5 Å². The Labute approximate surface area is 182 Å². The number of carbonyl (C=O) groups excluding carboxylic acids is 1. The summed E-state index contributed by atoms with van der Waals surface area (Å²) in [6.07, 6.45) is 3.45. The third kappa shape index (κ3) is 4.60. The van der Waals surface area contributed by atoms with Crippen LogP contribution in [-0.4, -0.2) is 38.8 Å². The van der Waals surface area contributed by atoms with Crippen molar-refractivity contribution in [2.45, 2.75) is 31.1 Å². The van der Waals surface area contributed by atoms with Gasteiger partial charge in [0.1, 0.15) is 11.3 Å². The van der Waals surface area contributed by atoms with Crippen LogP contribution in [0.3, 0.4) is 0 Å². The molecule has 1 aliphatic rings. The van der Waals surface area contributed by atoms with Gasteiger partial charge in [0.15, 0.2) is 0 Å². The van der Waals surface area contributed by atoms with Crippen molar-refractivity contribution in [2.75, 3.05) is 25.5 Å². The number of amides is 1. The fourth-order valence-corrected chi connectivity index (χ4v) is 5.26. The van der Waals surface area contributed by atoms with Crippen LogP contribution < -0.4 is 10.1 Å². The lowest BCUT2D eigenvalue weighted by molar-refractivity contribution is -0.115. The number of ether oxygens (including phenoxy) is 1. The second-order valence-corrected chi connectivity index (χ2v) is 9.90. The summed E-state index contributed by atoms with van der Waals surface area (Å²) < 4.78 is 38.0. The minimum absolute atomic E-state index is 0.131. The van der Waals surface area contributed by atoms with Gasteiger partial charge in [-0.25, -0.2) is 8.42 Å². The van der Waals surface area contributed by atoms with Gasteiger partial charge in [0.2, 0.25) is 15.9 Å². The number of furan rings is 1. The Bertz CT molecular complexity index is 1180. The van der Waals surface area contributed by atoms with Crippen LogP contribution in [-0.2, 0) is 21.2 Å². The number of fused-ring (bicyclic) bond motifs is 1. The smallest absolute Gasteiger partial charge is 0.243 e. The number of carbonyl (C=O) groups is 1. The molecule has 2 heterocycles. The Morgan fingerprint density at radius 1 is 1.16 bits per heavy atom. The van der Waals surface area contributed by atoms with Crippen LogP contribution in [0.5, 0.6) is 5.75 Å². The molecule has 0 saturated carbocycles. The summed E-state index contributed by atoms with van der Waals surface area (Å²) in [5.41, 5.74) is 1.98. The van der Waals surface area contributed by atoms with Gasteiger partial charge in [-0.3, -0.25) is 4.79 Å². The molecule has 0 atom stereocenters. The van der Waals surface area contributed by atoms with E-state index in [1.165, 1.54) is 0 Å². The van der Waals surface area contributed by atoms with Crippen molar-refractivity contribution in [3.63, 3.8) is 0 Å². The number of piperidine rings is 1. The van der Waals surface area contributed by atoms with E-state index in [2.05, 4.69) is 12.2 Å². The average Bonchev–Trinajstić information content (AvgIpc) is 3.16. The first-order valence-corrected chi connectivity index (χ1v) is 11.7. The summed E-state index contributed by atoms with van der Waals surface area (Å²) in [5, 5.41) is 3.64. The number of sulfonamides is 1. The number of nitrogens with one attached hydrogen (secondary N) is 1. The van der Waals surface area contributed by atoms with E-state index in [-0.39, 0.29) is 17.2 Å². The topological polar surface area (TPSA) is 88.8 Å². The molecule has 31 heavy (non-hydrogen) atoms. The van der Waals surface area contributed by atoms with Crippen LogP contribution in [0.4, 0.5) is 5.69 Å². The highest BCUT2D eigenvalue weighted by Gasteiger charge is 2.27. The van der Waals surface area contributed by atoms with Crippen molar-refractivity contribution >= 4 is 32.6 Å². The normalized spacial score (nSPS) is 15.8. The molecule has 0 bridgehead atoms. The third-order valence-corrected chi connectivity index (χ3v) is 7.64. The lowest BCUT2D eigenvalue weighted by Crippen LogP contribution is -2.37. The standard InChI is InChI=1S/C23H26N2O5S/c1-16-9-11-25(12-10-16)31(27,28)20-6-3-18(4-7-20)24-23(26)13-17-15-30-22-8-5-19(29-2)14-21(17)22/h3-8,14-16H,9-13H2,1-2H3,(H,24,26). The molecule has 4 rings (SSSR count). The number of rotatable bonds is 6. The van der Waals surface area contributed by atoms with Gasteiger partial charge in [0, 0.05) is 29.7 Å². The van der Waals surface area contributed by atoms with Crippen LogP contribution in [0.25, 0.3) is 11.0 Å². The first-order chi connectivity index (χ1) is 14.9. The second-order valence-electron chi connectivity index (χ2n) is 7.96. The molecule has 0 aliphatic carbocycles. The number of methoxy groups -OCH3 is 1. The monoisotopic (exact) mass is 442 g/mol. The number of anilines is 1. The molecule has 0 radical (unpaired) electrons. The molecule has 0 spiro atoms. The van der Waals surface area contributed by atoms with Gasteiger partial charge in [-0.05, 0) is 61.2 Å². The zero-order chi connectivity index (χ0) is 22.0. The molecule has 7 nitrogen and oxygen atoms in total. The minimum atomic E-state index is -3.51. The molecule has 1 N–H and O–H groups in total. The second kappa shape index (κ2) is 8.72. The first kappa shape index (κ1) is 21.4. The van der Waals surface area contributed by atoms with Crippen molar-refractivity contribution in [2.24, 2.45) is 5.92 Å². The van der Waals surface area contributed by atoms with E-state index in [0.29, 0.717) is 36.0 Å². The fraction of sp³-hybridized carbons (Fsp3) is 0.348. The first-order valence-electron chi connectivity index (χ1n) is 10.3. The molecule has 1 aromatic heterocycles. The SMILES string of the molecule is COc1ccc2occ(CC(=O)Nc3ccc(S(=O)(=O)N4CCC(C)CC4)cc3)c2c1. The Morgan fingerprint density at radius 2 is 1.87 bits per heavy atom. The molecular formula is C23H26N2O5S. The molecule has 1 saturated heterocycles. The molecule has 2 aromatic carbocycles. The molecule has 164 valence electrons. The van der Waals surface area contributed by atoms with E-state index in [1.807, 2.05) is 6.07 Å². The summed E-state index contributed by atoms with van der Waals surface area (Å²) >= 11 is 0. The largest absolute Gasteiger partial charge is 0.497 e. The maximum absolute atomic E-state index is 12.8. The van der Waals surface area contributed by atoms with Crippen molar-refractivity contribution in [3.8, 4) is 5.75 Å². The fourth-order valence-electron chi connectivity index (χ4n) is 3.79. The summed E-state index contributed by atoms with van der Waals surface area (Å²) in [5.74, 6) is 1.03. The molecule has 0 unspecified atom stereocenters. The minimum Gasteiger partial charge on any atom is -0.497 e. The number of hydrogen-bond donors (Lipinski definition) is 1. The van der Waals surface area contributed by atoms with E-state index in [0.717, 1.165) is 23.8 Å². The Hall–Kier alpha value is -2.84. The van der Waals surface area contributed by atoms with Crippen LogP contribution >= 0.6 is 0 Å². The Kier molecular flexibility index (Phi) is 6.02. The van der Waals surface area contributed by atoms with E-state index in [9.17, 15) is 13.2 Å². The van der Waals surface area contributed by atoms with Crippen molar-refractivity contribution in [1.29, 1.82) is 0 Å². The van der Waals surface area contributed by atoms with E-state index >= 15 is 0 Å². The highest BCUT2D eigenvalue weighted by atomic mass is 32.2. The third-order valence-electron chi connectivity index (χ3n) is 5.73. The van der Waals surface area contributed by atoms with Gasteiger partial charge in [0.05, 0.1) is 24.7 Å². The molecule has 3 aromatic rings. The number of benzene rings is 2. The zero-order valence-electron chi connectivity index (χ0n) is 17.6. The van der Waals surface area contributed by atoms with Crippen LogP contribution in [0.15, 0.2) is 58.0 Å². The van der Waals surface area contributed by atoms with E-state index in [4.69, 9.17) is 9.15 Å². The molecule has 1 fully saturated rings. The predicted molar refractivity (Wildman–Crippen MR) is 119 cm³/mol. The van der Waals surface area contributed by atoms with Crippen LogP contribution in [0.1, 0.15) is 25.3 Å². The highest BCUT2D eigenvalue weighted by Crippen LogP contribution is 2.27. The highest BCUT2D eigenvalue weighted by molar-refractivity contribution is 7.89. The lowest BCUT2D eigenvalue weighted by atomic mass is 10.0. The van der Waals surface area contributed by atoms with Gasteiger partial charge >= 0.3 is 0 Å². The maximum atomic E-state index is 12.8. The average molecular weight is 443 g/mol. The predicted octanol–water partition coefficient (Wildman–Crippen LogP) is 4.04. The summed E-state index contributed by atoms with van der Waals surface area (Å²) in [6.45, 7) is 3.24. The van der Waals surface area contributed by atoms with Crippen molar-refractivity contribution in [3.05, 3.63) is 54.3 Å². The zero-order valence-corrected chi connectivity index (χ0v) is 18.4. The lowest BCUT2D eigenvalue weighted by Gasteiger charge is -2.29. The van der Waals surface area contributed by atoms with Crippen molar-refractivity contribution in [1.82, 2.24) is 4.31 Å². The molecular weight excluding hydrogens is 416 g/mol. The van der Waals surface area contributed by atoms with E-state index < -0.39 is 10.0 Å². The van der Waals surface area contributed by atoms with E-state index in [1.54, 1.807) is 54.1 Å². The van der Waals surface area contributed by atoms with Crippen LogP contribution in [0.2, 0.25) is 0 Å². The van der Waals surface area contributed by atoms with Gasteiger partial charge in [-0.2, -0.15) is 4.31 Å². The molecule has 1 aliphatic heterocycles. The molecule has 1 amide bonds. The molecule has 8 heteroatoms. The van der Waals surface area contributed by atoms with Crippen LogP contribution in [0, 0.1) is 5.92 Å². The van der Waals surface area contributed by atoms with Gasteiger partial charge in [0.25, 0.3) is 0 Å². The number of hydrogen-bond acceptors (Lipinski definition) is 5. The summed E-state index contributed by atoms with van der Waals surface area (Å²) in [6, 6.07) is 11.8. The quantitative estimate of drug-likeness (QED) is 0.622. The van der Waals surface area contributed by atoms with Crippen molar-refractivity contribution < 1.29 is 22.4 Å². The maximum Gasteiger partial charge on any atom is 0.243 e. The summed E-state index contributed by atoms with van der Waals surface area (Å²) in [7, 11) is -1.92. The Morgan fingerprint density at radius 3 is 2.55 bits per heavy atom. The summed E-state index contributed by atoms with van der Waals surface area (Å²) in [4.78, 5) is 12.8. The number of nitrogens with zero attached hydrogens (tertiary/aromatic N) is 1. The Balaban J connectivity index is 1.43. The van der Waals surface area contributed by atoms with Gasteiger partial charge in [-0.15, -0.1) is 0 Å². The van der Waals surface area contributed by atoms with Gasteiger partial charge in [-0.1, -0.05) is 6.92 Å².